The molecule has 4 nitrogen and oxygen atoms in total. The van der Waals surface area contributed by atoms with Gasteiger partial charge in [0.2, 0.25) is 0 Å². The number of nitriles is 1. The van der Waals surface area contributed by atoms with Crippen LogP contribution in [0.3, 0.4) is 0 Å². The van der Waals surface area contributed by atoms with Crippen molar-refractivity contribution in [3.63, 3.8) is 0 Å². The molecule has 0 aliphatic rings. The predicted molar refractivity (Wildman–Crippen MR) is 70.1 cm³/mol. The van der Waals surface area contributed by atoms with Crippen molar-refractivity contribution >= 4 is 11.4 Å². The Morgan fingerprint density at radius 3 is 2.82 bits per heavy atom. The van der Waals surface area contributed by atoms with Crippen molar-refractivity contribution in [2.75, 3.05) is 30.8 Å². The lowest BCUT2D eigenvalue weighted by Gasteiger charge is -2.23. The predicted octanol–water partition coefficient (Wildman–Crippen LogP) is 2.26. The van der Waals surface area contributed by atoms with Gasteiger partial charge in [-0.3, -0.25) is 0 Å². The molecule has 1 rings (SSSR count). The number of nitrogens with zero attached hydrogens (tertiary/aromatic N) is 2. The second-order valence-corrected chi connectivity index (χ2v) is 4.03. The second kappa shape index (κ2) is 6.00. The van der Waals surface area contributed by atoms with Gasteiger partial charge in [0, 0.05) is 13.6 Å². The van der Waals surface area contributed by atoms with E-state index in [1.54, 1.807) is 0 Å². The Hall–Kier alpha value is -1.89. The van der Waals surface area contributed by atoms with Crippen LogP contribution in [0.2, 0.25) is 0 Å². The SMILES string of the molecule is CCOc1cccc(N(C)CC(C)C#N)c1N. The Morgan fingerprint density at radius 1 is 1.53 bits per heavy atom. The van der Waals surface area contributed by atoms with Crippen molar-refractivity contribution in [3.8, 4) is 11.8 Å². The molecule has 1 aromatic carbocycles. The third kappa shape index (κ3) is 3.28. The van der Waals surface area contributed by atoms with Crippen molar-refractivity contribution in [3.05, 3.63) is 18.2 Å². The molecule has 4 heteroatoms. The number of hydrogen-bond acceptors (Lipinski definition) is 4. The minimum absolute atomic E-state index is 0.0323. The van der Waals surface area contributed by atoms with E-state index in [9.17, 15) is 0 Å². The number of anilines is 2. The smallest absolute Gasteiger partial charge is 0.144 e. The summed E-state index contributed by atoms with van der Waals surface area (Å²) in [7, 11) is 1.93. The number of ether oxygens (including phenoxy) is 1. The van der Waals surface area contributed by atoms with Crippen molar-refractivity contribution in [2.45, 2.75) is 13.8 Å². The molecule has 0 spiro atoms. The van der Waals surface area contributed by atoms with Crippen LogP contribution in [0.15, 0.2) is 18.2 Å². The lowest BCUT2D eigenvalue weighted by molar-refractivity contribution is 0.342. The Bertz CT molecular complexity index is 412. The van der Waals surface area contributed by atoms with Gasteiger partial charge in [-0.25, -0.2) is 0 Å². The average molecular weight is 233 g/mol. The quantitative estimate of drug-likeness (QED) is 0.792. The van der Waals surface area contributed by atoms with Crippen molar-refractivity contribution in [1.82, 2.24) is 0 Å². The van der Waals surface area contributed by atoms with E-state index >= 15 is 0 Å². The van der Waals surface area contributed by atoms with Crippen LogP contribution in [0, 0.1) is 17.2 Å². The topological polar surface area (TPSA) is 62.3 Å². The first-order valence-corrected chi connectivity index (χ1v) is 5.72. The highest BCUT2D eigenvalue weighted by molar-refractivity contribution is 5.73. The van der Waals surface area contributed by atoms with Gasteiger partial charge < -0.3 is 15.4 Å². The largest absolute Gasteiger partial charge is 0.492 e. The van der Waals surface area contributed by atoms with E-state index < -0.39 is 0 Å². The van der Waals surface area contributed by atoms with Crippen LogP contribution in [0.5, 0.6) is 5.75 Å². The second-order valence-electron chi connectivity index (χ2n) is 4.03. The summed E-state index contributed by atoms with van der Waals surface area (Å²) >= 11 is 0. The maximum absolute atomic E-state index is 8.81. The van der Waals surface area contributed by atoms with Crippen molar-refractivity contribution in [2.24, 2.45) is 5.92 Å². The standard InChI is InChI=1S/C13H19N3O/c1-4-17-12-7-5-6-11(13(12)15)16(3)9-10(2)8-14/h5-7,10H,4,9,15H2,1-3H3. The van der Waals surface area contributed by atoms with Crippen LogP contribution in [-0.2, 0) is 0 Å². The summed E-state index contributed by atoms with van der Waals surface area (Å²) in [5.41, 5.74) is 7.57. The first kappa shape index (κ1) is 13.2. The molecule has 0 aliphatic heterocycles. The Balaban J connectivity index is 2.90. The molecule has 0 bridgehead atoms. The maximum Gasteiger partial charge on any atom is 0.144 e. The van der Waals surface area contributed by atoms with E-state index in [1.807, 2.05) is 44.0 Å². The minimum atomic E-state index is -0.0323. The van der Waals surface area contributed by atoms with Gasteiger partial charge >= 0.3 is 0 Å². The number of rotatable bonds is 5. The number of benzene rings is 1. The van der Waals surface area contributed by atoms with E-state index in [-0.39, 0.29) is 5.92 Å². The number of para-hydroxylation sites is 1. The van der Waals surface area contributed by atoms with Gasteiger partial charge in [-0.2, -0.15) is 5.26 Å². The molecule has 0 radical (unpaired) electrons. The van der Waals surface area contributed by atoms with Crippen LogP contribution in [-0.4, -0.2) is 20.2 Å². The summed E-state index contributed by atoms with van der Waals surface area (Å²) < 4.78 is 5.44. The summed E-state index contributed by atoms with van der Waals surface area (Å²) in [5.74, 6) is 0.664. The third-order valence-corrected chi connectivity index (χ3v) is 2.52. The Morgan fingerprint density at radius 2 is 2.24 bits per heavy atom. The fourth-order valence-electron chi connectivity index (χ4n) is 1.70. The zero-order chi connectivity index (χ0) is 12.8. The molecule has 0 saturated heterocycles. The van der Waals surface area contributed by atoms with E-state index in [4.69, 9.17) is 15.7 Å². The summed E-state index contributed by atoms with van der Waals surface area (Å²) in [5, 5.41) is 8.81. The van der Waals surface area contributed by atoms with E-state index in [0.717, 1.165) is 5.69 Å². The lowest BCUT2D eigenvalue weighted by atomic mass is 10.1. The fourth-order valence-corrected chi connectivity index (χ4v) is 1.70. The van der Waals surface area contributed by atoms with Gasteiger partial charge in [-0.15, -0.1) is 0 Å². The Labute approximate surface area is 103 Å². The molecule has 0 amide bonds. The molecule has 2 N–H and O–H groups in total. The van der Waals surface area contributed by atoms with Crippen LogP contribution in [0.4, 0.5) is 11.4 Å². The summed E-state index contributed by atoms with van der Waals surface area (Å²) in [6.45, 7) is 5.05. The Kier molecular flexibility index (Phi) is 4.65. The third-order valence-electron chi connectivity index (χ3n) is 2.52. The maximum atomic E-state index is 8.81. The molecular formula is C13H19N3O. The fraction of sp³-hybridized carbons (Fsp3) is 0.462. The monoisotopic (exact) mass is 233 g/mol. The normalized spacial score (nSPS) is 11.6. The molecule has 0 aromatic heterocycles. The first-order chi connectivity index (χ1) is 8.10. The van der Waals surface area contributed by atoms with Crippen LogP contribution >= 0.6 is 0 Å². The average Bonchev–Trinajstić information content (AvgIpc) is 2.31. The number of nitrogen functional groups attached to an aromatic ring is 1. The van der Waals surface area contributed by atoms with Gasteiger partial charge in [0.25, 0.3) is 0 Å². The number of hydrogen-bond donors (Lipinski definition) is 1. The van der Waals surface area contributed by atoms with Crippen LogP contribution in [0.25, 0.3) is 0 Å². The van der Waals surface area contributed by atoms with Crippen LogP contribution in [0.1, 0.15) is 13.8 Å². The van der Waals surface area contributed by atoms with Gasteiger partial charge in [-0.1, -0.05) is 6.07 Å². The molecule has 0 saturated carbocycles. The highest BCUT2D eigenvalue weighted by atomic mass is 16.5. The zero-order valence-corrected chi connectivity index (χ0v) is 10.6. The van der Waals surface area contributed by atoms with Crippen molar-refractivity contribution in [1.29, 1.82) is 5.26 Å². The zero-order valence-electron chi connectivity index (χ0n) is 10.6. The lowest BCUT2D eigenvalue weighted by Crippen LogP contribution is -2.24. The summed E-state index contributed by atoms with van der Waals surface area (Å²) in [6.07, 6.45) is 0. The molecular weight excluding hydrogens is 214 g/mol. The summed E-state index contributed by atoms with van der Waals surface area (Å²) in [4.78, 5) is 1.98. The molecule has 1 atom stereocenters. The van der Waals surface area contributed by atoms with Crippen molar-refractivity contribution < 1.29 is 4.74 Å². The first-order valence-electron chi connectivity index (χ1n) is 5.72. The molecule has 1 aromatic rings. The van der Waals surface area contributed by atoms with Gasteiger partial charge in [-0.05, 0) is 26.0 Å². The molecule has 0 fully saturated rings. The molecule has 0 heterocycles. The van der Waals surface area contributed by atoms with Gasteiger partial charge in [0.1, 0.15) is 5.75 Å². The van der Waals surface area contributed by atoms with Crippen LogP contribution < -0.4 is 15.4 Å². The van der Waals surface area contributed by atoms with E-state index in [2.05, 4.69) is 6.07 Å². The summed E-state index contributed by atoms with van der Waals surface area (Å²) in [6, 6.07) is 7.90. The van der Waals surface area contributed by atoms with E-state index in [1.165, 1.54) is 0 Å². The van der Waals surface area contributed by atoms with E-state index in [0.29, 0.717) is 24.6 Å². The highest BCUT2D eigenvalue weighted by Crippen LogP contribution is 2.31. The molecule has 1 unspecified atom stereocenters. The molecule has 92 valence electrons. The van der Waals surface area contributed by atoms with Gasteiger partial charge in [0.05, 0.1) is 30.0 Å². The van der Waals surface area contributed by atoms with Gasteiger partial charge in [0.15, 0.2) is 0 Å². The highest BCUT2D eigenvalue weighted by Gasteiger charge is 2.12. The number of nitrogens with two attached hydrogens (primary N) is 1. The minimum Gasteiger partial charge on any atom is -0.492 e. The molecule has 17 heavy (non-hydrogen) atoms. The molecule has 0 aliphatic carbocycles.